The van der Waals surface area contributed by atoms with Gasteiger partial charge in [-0.2, -0.15) is 4.98 Å². The summed E-state index contributed by atoms with van der Waals surface area (Å²) < 4.78 is 6.86. The van der Waals surface area contributed by atoms with Crippen LogP contribution in [0.15, 0.2) is 17.0 Å². The Kier molecular flexibility index (Phi) is 4.19. The summed E-state index contributed by atoms with van der Waals surface area (Å²) in [6.45, 7) is 4.28. The SMILES string of the molecule is Cc1noc(CN2CCC(NC(=O)c3cncn3C)CC2)n1. The summed E-state index contributed by atoms with van der Waals surface area (Å²) in [6.07, 6.45) is 5.04. The molecular formula is C14H20N6O2. The van der Waals surface area contributed by atoms with Crippen LogP contribution in [-0.2, 0) is 13.6 Å². The first-order valence-electron chi connectivity index (χ1n) is 7.40. The molecule has 1 N–H and O–H groups in total. The van der Waals surface area contributed by atoms with Crippen LogP contribution in [0.1, 0.15) is 35.0 Å². The molecule has 8 nitrogen and oxygen atoms in total. The molecule has 3 heterocycles. The smallest absolute Gasteiger partial charge is 0.269 e. The van der Waals surface area contributed by atoms with Gasteiger partial charge in [-0.15, -0.1) is 0 Å². The van der Waals surface area contributed by atoms with Crippen LogP contribution in [0.2, 0.25) is 0 Å². The van der Waals surface area contributed by atoms with Crippen LogP contribution in [0.3, 0.4) is 0 Å². The molecule has 8 heteroatoms. The number of imidazole rings is 1. The minimum Gasteiger partial charge on any atom is -0.348 e. The molecule has 0 radical (unpaired) electrons. The lowest BCUT2D eigenvalue weighted by Gasteiger charge is -2.31. The standard InChI is InChI=1S/C14H20N6O2/c1-10-16-13(22-18-10)8-20-5-3-11(4-6-20)17-14(21)12-7-15-9-19(12)2/h7,9,11H,3-6,8H2,1-2H3,(H,17,21). The van der Waals surface area contributed by atoms with E-state index in [-0.39, 0.29) is 11.9 Å². The molecule has 2 aromatic rings. The van der Waals surface area contributed by atoms with Gasteiger partial charge in [0.1, 0.15) is 5.69 Å². The van der Waals surface area contributed by atoms with Crippen molar-refractivity contribution in [3.05, 3.63) is 29.9 Å². The van der Waals surface area contributed by atoms with E-state index in [0.717, 1.165) is 25.9 Å². The molecule has 0 bridgehead atoms. The van der Waals surface area contributed by atoms with Gasteiger partial charge in [0.05, 0.1) is 19.1 Å². The third-order valence-corrected chi connectivity index (χ3v) is 3.90. The summed E-state index contributed by atoms with van der Waals surface area (Å²) >= 11 is 0. The first kappa shape index (κ1) is 14.7. The van der Waals surface area contributed by atoms with Gasteiger partial charge in [-0.3, -0.25) is 9.69 Å². The molecule has 1 amide bonds. The van der Waals surface area contributed by atoms with Crippen LogP contribution < -0.4 is 5.32 Å². The molecule has 2 aromatic heterocycles. The Balaban J connectivity index is 1.47. The molecule has 1 aliphatic rings. The molecule has 118 valence electrons. The third-order valence-electron chi connectivity index (χ3n) is 3.90. The number of nitrogens with one attached hydrogen (secondary N) is 1. The normalized spacial score (nSPS) is 16.8. The van der Waals surface area contributed by atoms with E-state index in [1.54, 1.807) is 17.1 Å². The number of piperidine rings is 1. The Hall–Kier alpha value is -2.22. The first-order valence-corrected chi connectivity index (χ1v) is 7.40. The van der Waals surface area contributed by atoms with E-state index in [9.17, 15) is 4.79 Å². The molecule has 0 spiro atoms. The monoisotopic (exact) mass is 304 g/mol. The lowest BCUT2D eigenvalue weighted by atomic mass is 10.0. The summed E-state index contributed by atoms with van der Waals surface area (Å²) in [5.41, 5.74) is 0.587. The highest BCUT2D eigenvalue weighted by Gasteiger charge is 2.23. The highest BCUT2D eigenvalue weighted by Crippen LogP contribution is 2.13. The highest BCUT2D eigenvalue weighted by molar-refractivity contribution is 5.92. The number of rotatable bonds is 4. The summed E-state index contributed by atoms with van der Waals surface area (Å²) in [5.74, 6) is 1.24. The van der Waals surface area contributed by atoms with E-state index in [4.69, 9.17) is 4.52 Å². The van der Waals surface area contributed by atoms with Gasteiger partial charge in [0, 0.05) is 26.2 Å². The summed E-state index contributed by atoms with van der Waals surface area (Å²) in [7, 11) is 1.82. The van der Waals surface area contributed by atoms with Gasteiger partial charge >= 0.3 is 0 Å². The molecule has 0 atom stereocenters. The van der Waals surface area contributed by atoms with Gasteiger partial charge < -0.3 is 14.4 Å². The summed E-state index contributed by atoms with van der Waals surface area (Å²) in [6, 6.07) is 0.197. The van der Waals surface area contributed by atoms with Crippen molar-refractivity contribution in [2.24, 2.45) is 7.05 Å². The fraction of sp³-hybridized carbons (Fsp3) is 0.571. The Morgan fingerprint density at radius 2 is 2.23 bits per heavy atom. The van der Waals surface area contributed by atoms with E-state index < -0.39 is 0 Å². The van der Waals surface area contributed by atoms with Gasteiger partial charge in [-0.05, 0) is 19.8 Å². The Bertz CT molecular complexity index is 641. The number of nitrogens with zero attached hydrogens (tertiary/aromatic N) is 5. The molecular weight excluding hydrogens is 284 g/mol. The molecule has 1 aliphatic heterocycles. The fourth-order valence-corrected chi connectivity index (χ4v) is 2.67. The zero-order valence-electron chi connectivity index (χ0n) is 12.8. The number of amides is 1. The van der Waals surface area contributed by atoms with Gasteiger partial charge in [0.25, 0.3) is 5.91 Å². The maximum absolute atomic E-state index is 12.2. The van der Waals surface area contributed by atoms with Crippen molar-refractivity contribution in [2.45, 2.75) is 32.4 Å². The van der Waals surface area contributed by atoms with E-state index in [1.807, 2.05) is 14.0 Å². The molecule has 0 saturated carbocycles. The molecule has 22 heavy (non-hydrogen) atoms. The van der Waals surface area contributed by atoms with Crippen LogP contribution in [-0.4, -0.2) is 49.6 Å². The molecule has 1 fully saturated rings. The van der Waals surface area contributed by atoms with Gasteiger partial charge in [-0.25, -0.2) is 4.98 Å². The van der Waals surface area contributed by atoms with E-state index in [2.05, 4.69) is 25.3 Å². The van der Waals surface area contributed by atoms with Crippen LogP contribution in [0.25, 0.3) is 0 Å². The third kappa shape index (κ3) is 3.33. The van der Waals surface area contributed by atoms with E-state index in [0.29, 0.717) is 24.0 Å². The fourth-order valence-electron chi connectivity index (χ4n) is 2.67. The van der Waals surface area contributed by atoms with Crippen LogP contribution in [0.4, 0.5) is 0 Å². The summed E-state index contributed by atoms with van der Waals surface area (Å²) in [5, 5.41) is 6.87. The maximum Gasteiger partial charge on any atom is 0.269 e. The second-order valence-electron chi connectivity index (χ2n) is 5.65. The van der Waals surface area contributed by atoms with Crippen LogP contribution >= 0.6 is 0 Å². The second-order valence-corrected chi connectivity index (χ2v) is 5.65. The highest BCUT2D eigenvalue weighted by atomic mass is 16.5. The molecule has 3 rings (SSSR count). The lowest BCUT2D eigenvalue weighted by Crippen LogP contribution is -2.44. The summed E-state index contributed by atoms with van der Waals surface area (Å²) in [4.78, 5) is 22.6. The Labute approximate surface area is 128 Å². The minimum absolute atomic E-state index is 0.0639. The average molecular weight is 304 g/mol. The number of likely N-dealkylation sites (tertiary alicyclic amines) is 1. The number of hydrogen-bond acceptors (Lipinski definition) is 6. The zero-order chi connectivity index (χ0) is 15.5. The molecule has 0 unspecified atom stereocenters. The van der Waals surface area contributed by atoms with Crippen LogP contribution in [0, 0.1) is 6.92 Å². The number of carbonyl (C=O) groups is 1. The topological polar surface area (TPSA) is 89.1 Å². The van der Waals surface area contributed by atoms with E-state index >= 15 is 0 Å². The van der Waals surface area contributed by atoms with Crippen molar-refractivity contribution in [3.63, 3.8) is 0 Å². The maximum atomic E-state index is 12.2. The van der Waals surface area contributed by atoms with Crippen molar-refractivity contribution < 1.29 is 9.32 Å². The van der Waals surface area contributed by atoms with Crippen molar-refractivity contribution in [1.82, 2.24) is 29.9 Å². The minimum atomic E-state index is -0.0639. The van der Waals surface area contributed by atoms with E-state index in [1.165, 1.54) is 0 Å². The number of aryl methyl sites for hydroxylation is 2. The number of aromatic nitrogens is 4. The zero-order valence-corrected chi connectivity index (χ0v) is 12.8. The molecule has 0 aliphatic carbocycles. The predicted molar refractivity (Wildman–Crippen MR) is 78.0 cm³/mol. The number of hydrogen-bond donors (Lipinski definition) is 1. The number of carbonyl (C=O) groups excluding carboxylic acids is 1. The van der Waals surface area contributed by atoms with Crippen LogP contribution in [0.5, 0.6) is 0 Å². The first-order chi connectivity index (χ1) is 10.6. The second kappa shape index (κ2) is 6.27. The molecule has 0 aromatic carbocycles. The van der Waals surface area contributed by atoms with Gasteiger partial charge in [-0.1, -0.05) is 5.16 Å². The van der Waals surface area contributed by atoms with Crippen molar-refractivity contribution in [1.29, 1.82) is 0 Å². The molecule has 1 saturated heterocycles. The Morgan fingerprint density at radius 1 is 1.45 bits per heavy atom. The lowest BCUT2D eigenvalue weighted by molar-refractivity contribution is 0.0896. The van der Waals surface area contributed by atoms with Gasteiger partial charge in [0.15, 0.2) is 5.82 Å². The predicted octanol–water partition coefficient (Wildman–Crippen LogP) is 0.506. The van der Waals surface area contributed by atoms with Crippen molar-refractivity contribution in [3.8, 4) is 0 Å². The Morgan fingerprint density at radius 3 is 2.82 bits per heavy atom. The average Bonchev–Trinajstić information content (AvgIpc) is 3.10. The van der Waals surface area contributed by atoms with Crippen molar-refractivity contribution >= 4 is 5.91 Å². The van der Waals surface area contributed by atoms with Gasteiger partial charge in [0.2, 0.25) is 5.89 Å². The quantitative estimate of drug-likeness (QED) is 0.885. The van der Waals surface area contributed by atoms with Crippen molar-refractivity contribution in [2.75, 3.05) is 13.1 Å². The largest absolute Gasteiger partial charge is 0.348 e.